The first-order valence-electron chi connectivity index (χ1n) is 5.43. The molecular weight excluding hydrogens is 170 g/mol. The summed E-state index contributed by atoms with van der Waals surface area (Å²) in [6.07, 6.45) is 2.63. The molecule has 0 heterocycles. The van der Waals surface area contributed by atoms with E-state index in [0.717, 1.165) is 5.92 Å². The smallest absolute Gasteiger partial charge is 0.0326 e. The third kappa shape index (κ3) is 1.69. The largest absolute Gasteiger partial charge is 0.324 e. The minimum absolute atomic E-state index is 0.272. The van der Waals surface area contributed by atoms with Crippen LogP contribution in [0.3, 0.4) is 0 Å². The molecule has 0 unspecified atom stereocenters. The number of rotatable bonds is 2. The second kappa shape index (κ2) is 3.39. The zero-order valence-electron chi connectivity index (χ0n) is 9.30. The number of hydrogen-bond donors (Lipinski definition) is 1. The maximum absolute atomic E-state index is 6.22. The van der Waals surface area contributed by atoms with Crippen molar-refractivity contribution < 1.29 is 0 Å². The monoisotopic (exact) mass is 189 g/mol. The minimum atomic E-state index is 0.272. The lowest BCUT2D eigenvalue weighted by atomic mass is 9.94. The van der Waals surface area contributed by atoms with E-state index >= 15 is 0 Å². The third-order valence-corrected chi connectivity index (χ3v) is 3.37. The molecule has 0 spiro atoms. The van der Waals surface area contributed by atoms with Crippen LogP contribution in [0.5, 0.6) is 0 Å². The van der Waals surface area contributed by atoms with Crippen molar-refractivity contribution in [2.24, 2.45) is 11.7 Å². The van der Waals surface area contributed by atoms with E-state index in [1.54, 1.807) is 0 Å². The van der Waals surface area contributed by atoms with Crippen LogP contribution < -0.4 is 5.73 Å². The molecule has 1 heteroatoms. The Balaban J connectivity index is 2.36. The molecule has 1 fully saturated rings. The van der Waals surface area contributed by atoms with Crippen LogP contribution in [0.25, 0.3) is 0 Å². The highest BCUT2D eigenvalue weighted by Crippen LogP contribution is 2.40. The zero-order chi connectivity index (χ0) is 10.3. The van der Waals surface area contributed by atoms with Crippen LogP contribution >= 0.6 is 0 Å². The summed E-state index contributed by atoms with van der Waals surface area (Å²) in [5.74, 6) is 0.746. The standard InChI is InChI=1S/C13H19N/c1-8-6-10(3)12(7-9(8)2)13(14)11-4-5-11/h6-7,11,13H,4-5,14H2,1-3H3/t13-/m0/s1. The van der Waals surface area contributed by atoms with Crippen LogP contribution in [0.4, 0.5) is 0 Å². The molecule has 1 atom stereocenters. The van der Waals surface area contributed by atoms with Gasteiger partial charge in [0.1, 0.15) is 0 Å². The highest BCUT2D eigenvalue weighted by molar-refractivity contribution is 5.38. The lowest BCUT2D eigenvalue weighted by molar-refractivity contribution is 0.629. The van der Waals surface area contributed by atoms with Gasteiger partial charge in [-0.05, 0) is 61.8 Å². The maximum Gasteiger partial charge on any atom is 0.0326 e. The molecule has 1 aromatic rings. The lowest BCUT2D eigenvalue weighted by Gasteiger charge is -2.16. The molecule has 2 N–H and O–H groups in total. The zero-order valence-corrected chi connectivity index (χ0v) is 9.30. The highest BCUT2D eigenvalue weighted by atomic mass is 14.7. The van der Waals surface area contributed by atoms with Crippen molar-refractivity contribution in [2.75, 3.05) is 0 Å². The Labute approximate surface area is 86.3 Å². The summed E-state index contributed by atoms with van der Waals surface area (Å²) in [5, 5.41) is 0. The molecule has 0 bridgehead atoms. The maximum atomic E-state index is 6.22. The summed E-state index contributed by atoms with van der Waals surface area (Å²) in [4.78, 5) is 0. The van der Waals surface area contributed by atoms with E-state index in [-0.39, 0.29) is 6.04 Å². The van der Waals surface area contributed by atoms with Crippen LogP contribution in [0.1, 0.15) is 41.1 Å². The predicted molar refractivity (Wildman–Crippen MR) is 60.3 cm³/mol. The second-order valence-electron chi connectivity index (χ2n) is 4.66. The molecule has 1 aromatic carbocycles. The summed E-state index contributed by atoms with van der Waals surface area (Å²) in [6, 6.07) is 4.80. The van der Waals surface area contributed by atoms with E-state index in [9.17, 15) is 0 Å². The molecule has 76 valence electrons. The van der Waals surface area contributed by atoms with Crippen molar-refractivity contribution in [1.29, 1.82) is 0 Å². The van der Waals surface area contributed by atoms with Gasteiger partial charge in [-0.25, -0.2) is 0 Å². The van der Waals surface area contributed by atoms with Crippen LogP contribution in [0.2, 0.25) is 0 Å². The van der Waals surface area contributed by atoms with Crippen molar-refractivity contribution in [1.82, 2.24) is 0 Å². The van der Waals surface area contributed by atoms with E-state index in [4.69, 9.17) is 5.73 Å². The number of aryl methyl sites for hydroxylation is 3. The Morgan fingerprint density at radius 2 is 1.64 bits per heavy atom. The van der Waals surface area contributed by atoms with Gasteiger partial charge in [0, 0.05) is 6.04 Å². The molecule has 14 heavy (non-hydrogen) atoms. The van der Waals surface area contributed by atoms with Gasteiger partial charge in [0.25, 0.3) is 0 Å². The molecule has 0 aliphatic heterocycles. The van der Waals surface area contributed by atoms with E-state index < -0.39 is 0 Å². The number of hydrogen-bond acceptors (Lipinski definition) is 1. The van der Waals surface area contributed by atoms with E-state index in [2.05, 4.69) is 32.9 Å². The van der Waals surface area contributed by atoms with Gasteiger partial charge in [0.15, 0.2) is 0 Å². The molecule has 1 saturated carbocycles. The Hall–Kier alpha value is -0.820. The molecule has 1 nitrogen and oxygen atoms in total. The van der Waals surface area contributed by atoms with Crippen molar-refractivity contribution in [3.63, 3.8) is 0 Å². The van der Waals surface area contributed by atoms with Crippen LogP contribution in [0.15, 0.2) is 12.1 Å². The molecule has 1 aliphatic rings. The third-order valence-electron chi connectivity index (χ3n) is 3.37. The summed E-state index contributed by atoms with van der Waals surface area (Å²) in [6.45, 7) is 6.50. The first-order chi connectivity index (χ1) is 6.59. The fourth-order valence-electron chi connectivity index (χ4n) is 2.05. The fraction of sp³-hybridized carbons (Fsp3) is 0.538. The Morgan fingerprint density at radius 3 is 2.21 bits per heavy atom. The fourth-order valence-corrected chi connectivity index (χ4v) is 2.05. The van der Waals surface area contributed by atoms with Gasteiger partial charge >= 0.3 is 0 Å². The topological polar surface area (TPSA) is 26.0 Å². The molecule has 1 aliphatic carbocycles. The van der Waals surface area contributed by atoms with Gasteiger partial charge in [-0.3, -0.25) is 0 Å². The van der Waals surface area contributed by atoms with Gasteiger partial charge in [-0.15, -0.1) is 0 Å². The first-order valence-corrected chi connectivity index (χ1v) is 5.43. The van der Waals surface area contributed by atoms with Gasteiger partial charge in [0.05, 0.1) is 0 Å². The SMILES string of the molecule is Cc1cc(C)c([C@@H](N)C2CC2)cc1C. The summed E-state index contributed by atoms with van der Waals surface area (Å²) in [7, 11) is 0. The second-order valence-corrected chi connectivity index (χ2v) is 4.66. The Kier molecular flexibility index (Phi) is 2.36. The average Bonchev–Trinajstić information content (AvgIpc) is 2.93. The van der Waals surface area contributed by atoms with Crippen LogP contribution in [-0.4, -0.2) is 0 Å². The molecule has 2 rings (SSSR count). The predicted octanol–water partition coefficient (Wildman–Crippen LogP) is 3.02. The van der Waals surface area contributed by atoms with Crippen LogP contribution in [-0.2, 0) is 0 Å². The molecular formula is C13H19N. The van der Waals surface area contributed by atoms with Crippen molar-refractivity contribution >= 4 is 0 Å². The normalized spacial score (nSPS) is 18.3. The molecule has 0 amide bonds. The van der Waals surface area contributed by atoms with Crippen LogP contribution in [0, 0.1) is 26.7 Å². The molecule has 0 aromatic heterocycles. The number of nitrogens with two attached hydrogens (primary N) is 1. The average molecular weight is 189 g/mol. The summed E-state index contributed by atoms with van der Waals surface area (Å²) in [5.41, 5.74) is 11.7. The molecule has 0 radical (unpaired) electrons. The first kappa shape index (κ1) is 9.72. The quantitative estimate of drug-likeness (QED) is 0.760. The van der Waals surface area contributed by atoms with E-state index in [1.165, 1.54) is 35.1 Å². The van der Waals surface area contributed by atoms with Gasteiger partial charge in [-0.1, -0.05) is 12.1 Å². The van der Waals surface area contributed by atoms with Gasteiger partial charge < -0.3 is 5.73 Å². The highest BCUT2D eigenvalue weighted by Gasteiger charge is 2.30. The lowest BCUT2D eigenvalue weighted by Crippen LogP contribution is -2.14. The Morgan fingerprint density at radius 1 is 1.07 bits per heavy atom. The van der Waals surface area contributed by atoms with Crippen molar-refractivity contribution in [3.8, 4) is 0 Å². The minimum Gasteiger partial charge on any atom is -0.324 e. The van der Waals surface area contributed by atoms with Gasteiger partial charge in [-0.2, -0.15) is 0 Å². The van der Waals surface area contributed by atoms with Crippen molar-refractivity contribution in [3.05, 3.63) is 34.4 Å². The summed E-state index contributed by atoms with van der Waals surface area (Å²) >= 11 is 0. The van der Waals surface area contributed by atoms with E-state index in [0.29, 0.717) is 0 Å². The van der Waals surface area contributed by atoms with E-state index in [1.807, 2.05) is 0 Å². The van der Waals surface area contributed by atoms with Gasteiger partial charge in [0.2, 0.25) is 0 Å². The number of benzene rings is 1. The van der Waals surface area contributed by atoms with Crippen molar-refractivity contribution in [2.45, 2.75) is 39.7 Å². The molecule has 0 saturated heterocycles. The summed E-state index contributed by atoms with van der Waals surface area (Å²) < 4.78 is 0. The Bertz CT molecular complexity index is 350.